The molecule has 0 fully saturated rings. The van der Waals surface area contributed by atoms with E-state index >= 15 is 0 Å². The Bertz CT molecular complexity index is 3930. The SMILES string of the molecule is [2H]c1cc([2H])c(-c2c([2H])c([2H])c3c(c2[2H])c2c([2H])c([2H])c([2H])c([2H])c2n3-c2cc([2H])c(-c3ccc4oc5cccc(-c6nc(-c7ccccc7)nc(-c7ccccc7)n6)c5c4c3)c([2H])c2[2H])c([2H])c1. The van der Waals surface area contributed by atoms with Crippen molar-refractivity contribution in [1.82, 2.24) is 19.5 Å². The third-order valence-electron chi connectivity index (χ3n) is 9.64. The zero-order chi connectivity index (χ0) is 48.3. The summed E-state index contributed by atoms with van der Waals surface area (Å²) < 4.78 is 124. The molecule has 0 unspecified atom stereocenters. The van der Waals surface area contributed by atoms with Crippen molar-refractivity contribution in [3.8, 4) is 62.1 Å². The van der Waals surface area contributed by atoms with Crippen molar-refractivity contribution in [2.75, 3.05) is 0 Å². The zero-order valence-corrected chi connectivity index (χ0v) is 29.2. The fourth-order valence-electron chi connectivity index (χ4n) is 7.05. The molecule has 11 rings (SSSR count). The Morgan fingerprint density at radius 2 is 1.12 bits per heavy atom. The molecule has 0 saturated heterocycles. The molecule has 3 aromatic heterocycles. The number of fused-ring (bicyclic) bond motifs is 6. The zero-order valence-electron chi connectivity index (χ0n) is 42.2. The Kier molecular flexibility index (Phi) is 4.96. The maximum atomic E-state index is 9.51. The molecule has 0 atom stereocenters. The summed E-state index contributed by atoms with van der Waals surface area (Å²) in [6.07, 6.45) is 0. The number of hydrogen-bond acceptors (Lipinski definition) is 4. The summed E-state index contributed by atoms with van der Waals surface area (Å²) in [7, 11) is 0. The van der Waals surface area contributed by atoms with E-state index in [0.717, 1.165) is 27.8 Å². The highest BCUT2D eigenvalue weighted by Gasteiger charge is 2.19. The van der Waals surface area contributed by atoms with E-state index in [1.54, 1.807) is 18.2 Å². The summed E-state index contributed by atoms with van der Waals surface area (Å²) in [6.45, 7) is 0. The first-order valence-electron chi connectivity index (χ1n) is 24.2. The van der Waals surface area contributed by atoms with Gasteiger partial charge in [0.15, 0.2) is 17.5 Å². The van der Waals surface area contributed by atoms with Gasteiger partial charge in [-0.1, -0.05) is 145 Å². The van der Waals surface area contributed by atoms with Gasteiger partial charge in [-0.25, -0.2) is 15.0 Å². The van der Waals surface area contributed by atoms with Crippen molar-refractivity contribution in [2.45, 2.75) is 0 Å². The average molecular weight is 730 g/mol. The van der Waals surface area contributed by atoms with Gasteiger partial charge < -0.3 is 8.98 Å². The third kappa shape index (κ3) is 5.37. The predicted molar refractivity (Wildman–Crippen MR) is 229 cm³/mol. The Morgan fingerprint density at radius 3 is 1.91 bits per heavy atom. The van der Waals surface area contributed by atoms with E-state index in [4.69, 9.17) is 30.3 Å². The summed E-state index contributed by atoms with van der Waals surface area (Å²) in [5, 5.41) is 0.842. The lowest BCUT2D eigenvalue weighted by Crippen LogP contribution is -2.00. The highest BCUT2D eigenvalue weighted by atomic mass is 16.3. The lowest BCUT2D eigenvalue weighted by atomic mass is 10.00. The van der Waals surface area contributed by atoms with Gasteiger partial charge in [0, 0.05) is 43.9 Å². The van der Waals surface area contributed by atoms with Gasteiger partial charge >= 0.3 is 0 Å². The number of hydrogen-bond donors (Lipinski definition) is 0. The summed E-state index contributed by atoms with van der Waals surface area (Å²) in [4.78, 5) is 14.7. The van der Waals surface area contributed by atoms with E-state index < -0.39 is 54.4 Å². The molecule has 0 bridgehead atoms. The molecule has 11 aromatic rings. The molecular weight excluding hydrogens is 685 g/mol. The molecule has 8 aromatic carbocycles. The smallest absolute Gasteiger partial charge is 0.164 e. The first kappa shape index (κ1) is 21.3. The molecule has 0 saturated carbocycles. The van der Waals surface area contributed by atoms with Crippen LogP contribution in [0.1, 0.15) is 17.8 Å². The van der Waals surface area contributed by atoms with Crippen molar-refractivity contribution >= 4 is 43.7 Å². The molecule has 0 aliphatic heterocycles. The van der Waals surface area contributed by atoms with Crippen LogP contribution in [0.3, 0.4) is 0 Å². The van der Waals surface area contributed by atoms with Crippen LogP contribution in [0.25, 0.3) is 106 Å². The van der Waals surface area contributed by atoms with Gasteiger partial charge in [-0.05, 0) is 70.7 Å². The summed E-state index contributed by atoms with van der Waals surface area (Å²) in [6, 6.07) is 27.2. The molecule has 5 nitrogen and oxygen atoms in total. The van der Waals surface area contributed by atoms with Crippen LogP contribution < -0.4 is 0 Å². The monoisotopic (exact) mass is 729 g/mol. The Morgan fingerprint density at radius 1 is 0.429 bits per heavy atom. The normalized spacial score (nSPS) is 14.8. The van der Waals surface area contributed by atoms with Crippen LogP contribution in [0.5, 0.6) is 0 Å². The summed E-state index contributed by atoms with van der Waals surface area (Å²) in [5.74, 6) is 1.30. The second-order valence-electron chi connectivity index (χ2n) is 13.0. The minimum Gasteiger partial charge on any atom is -0.456 e. The largest absolute Gasteiger partial charge is 0.456 e. The van der Waals surface area contributed by atoms with Crippen LogP contribution in [0, 0.1) is 0 Å². The van der Waals surface area contributed by atoms with Gasteiger partial charge in [-0.3, -0.25) is 0 Å². The Hall–Kier alpha value is -7.63. The van der Waals surface area contributed by atoms with Crippen LogP contribution in [0.4, 0.5) is 0 Å². The van der Waals surface area contributed by atoms with E-state index in [9.17, 15) is 6.85 Å². The second-order valence-corrected chi connectivity index (χ2v) is 13.0. The number of furan rings is 1. The molecule has 0 radical (unpaired) electrons. The number of rotatable bonds is 6. The quantitative estimate of drug-likeness (QED) is 0.171. The molecule has 262 valence electrons. The molecule has 0 amide bonds. The number of para-hydroxylation sites is 1. The first-order chi connectivity index (χ1) is 33.1. The van der Waals surface area contributed by atoms with Crippen molar-refractivity contribution < 1.29 is 22.2 Å². The fourth-order valence-corrected chi connectivity index (χ4v) is 7.05. The molecule has 56 heavy (non-hydrogen) atoms. The molecular formula is C51H32N4O. The van der Waals surface area contributed by atoms with Crippen LogP contribution in [-0.4, -0.2) is 19.5 Å². The third-order valence-corrected chi connectivity index (χ3v) is 9.64. The molecule has 0 aliphatic rings. The minimum absolute atomic E-state index is 0.0533. The van der Waals surface area contributed by atoms with Crippen molar-refractivity contribution in [3.63, 3.8) is 0 Å². The Labute approximate surface area is 341 Å². The Balaban J connectivity index is 1.13. The van der Waals surface area contributed by atoms with Crippen LogP contribution >= 0.6 is 0 Å². The van der Waals surface area contributed by atoms with Gasteiger partial charge in [-0.2, -0.15) is 0 Å². The fraction of sp³-hybridized carbons (Fsp3) is 0. The highest BCUT2D eigenvalue weighted by molar-refractivity contribution is 6.13. The van der Waals surface area contributed by atoms with Crippen molar-refractivity contribution in [2.24, 2.45) is 0 Å². The van der Waals surface area contributed by atoms with Gasteiger partial charge in [0.25, 0.3) is 0 Å². The van der Waals surface area contributed by atoms with Crippen molar-refractivity contribution in [3.05, 3.63) is 194 Å². The molecule has 5 heteroatoms. The minimum atomic E-state index is -0.654. The lowest BCUT2D eigenvalue weighted by Gasteiger charge is -2.10. The second kappa shape index (κ2) is 13.0. The topological polar surface area (TPSA) is 56.7 Å². The van der Waals surface area contributed by atoms with Gasteiger partial charge in [0.05, 0.1) is 28.9 Å². The van der Waals surface area contributed by atoms with Gasteiger partial charge in [0.2, 0.25) is 0 Å². The van der Waals surface area contributed by atoms with Crippen LogP contribution in [0.2, 0.25) is 0 Å². The number of aromatic nitrogens is 4. The van der Waals surface area contributed by atoms with E-state index in [-0.39, 0.29) is 68.4 Å². The molecule has 0 aliphatic carbocycles. The highest BCUT2D eigenvalue weighted by Crippen LogP contribution is 2.39. The van der Waals surface area contributed by atoms with Crippen LogP contribution in [0.15, 0.2) is 198 Å². The van der Waals surface area contributed by atoms with E-state index in [0.29, 0.717) is 50.5 Å². The average Bonchev–Trinajstić information content (AvgIpc) is 3.91. The molecule has 0 spiro atoms. The molecule has 0 N–H and O–H groups in total. The van der Waals surface area contributed by atoms with Gasteiger partial charge in [-0.15, -0.1) is 0 Å². The first-order valence-corrected chi connectivity index (χ1v) is 17.7. The maximum Gasteiger partial charge on any atom is 0.164 e. The van der Waals surface area contributed by atoms with E-state index in [1.807, 2.05) is 78.9 Å². The lowest BCUT2D eigenvalue weighted by molar-refractivity contribution is 0.669. The number of benzene rings is 8. The maximum absolute atomic E-state index is 9.51. The number of nitrogens with zero attached hydrogens (tertiary/aromatic N) is 4. The predicted octanol–water partition coefficient (Wildman–Crippen LogP) is 13.2. The van der Waals surface area contributed by atoms with E-state index in [2.05, 4.69) is 0 Å². The standard InChI is InChI=1S/C51H32N4O/c1-4-13-33(14-5-1)37-25-29-45-42(31-37)40-19-10-11-21-44(40)55(45)39-27-23-34(24-28-39)38-26-30-46-43(32-38)48-41(20-12-22-47(48)56-46)51-53-49(35-15-6-2-7-16-35)52-50(54-51)36-17-8-3-9-18-36/h1-32H/i1D,10D,11D,13D,14D,19D,21D,23D,24D,25D,27D,29D,31D. The summed E-state index contributed by atoms with van der Waals surface area (Å²) in [5.41, 5.74) is 2.42. The van der Waals surface area contributed by atoms with E-state index in [1.165, 1.54) is 6.07 Å². The summed E-state index contributed by atoms with van der Waals surface area (Å²) >= 11 is 0. The van der Waals surface area contributed by atoms with Crippen molar-refractivity contribution in [1.29, 1.82) is 0 Å². The van der Waals surface area contributed by atoms with Crippen LogP contribution in [-0.2, 0) is 0 Å². The van der Waals surface area contributed by atoms with Gasteiger partial charge in [0.1, 0.15) is 11.2 Å². The molecule has 3 heterocycles.